The number of benzene rings is 1. The summed E-state index contributed by atoms with van der Waals surface area (Å²) in [5.74, 6) is 1.06. The predicted molar refractivity (Wildman–Crippen MR) is 134 cm³/mol. The number of hydrogen-bond acceptors (Lipinski definition) is 7. The Morgan fingerprint density at radius 3 is 2.52 bits per heavy atom. The van der Waals surface area contributed by atoms with Gasteiger partial charge in [0.15, 0.2) is 5.82 Å². The number of fused-ring (bicyclic) bond motifs is 1. The number of nitrogens with zero attached hydrogens (tertiary/aromatic N) is 3. The Balaban J connectivity index is 1.66. The second-order valence-electron chi connectivity index (χ2n) is 8.99. The van der Waals surface area contributed by atoms with Crippen molar-refractivity contribution in [1.82, 2.24) is 20.3 Å². The molecular formula is C25H28N6OS. The van der Waals surface area contributed by atoms with Gasteiger partial charge in [-0.05, 0) is 44.9 Å². The second-order valence-corrected chi connectivity index (χ2v) is 9.87. The van der Waals surface area contributed by atoms with E-state index in [1.165, 1.54) is 16.9 Å². The summed E-state index contributed by atoms with van der Waals surface area (Å²) < 4.78 is 0.832. The molecule has 0 aliphatic carbocycles. The first-order valence-corrected chi connectivity index (χ1v) is 11.7. The smallest absolute Gasteiger partial charge is 0.254 e. The molecule has 0 unspecified atom stereocenters. The van der Waals surface area contributed by atoms with E-state index in [4.69, 9.17) is 15.7 Å². The van der Waals surface area contributed by atoms with Gasteiger partial charge in [-0.1, -0.05) is 30.3 Å². The Kier molecular flexibility index (Phi) is 6.67. The molecular weight excluding hydrogens is 432 g/mol. The number of thiophene rings is 1. The molecule has 1 amide bonds. The molecule has 3 aromatic heterocycles. The molecule has 0 spiro atoms. The Labute approximate surface area is 197 Å². The maximum absolute atomic E-state index is 12.9. The fourth-order valence-corrected chi connectivity index (χ4v) is 4.41. The summed E-state index contributed by atoms with van der Waals surface area (Å²) >= 11 is 1.45. The van der Waals surface area contributed by atoms with Gasteiger partial charge in [-0.15, -0.1) is 11.3 Å². The van der Waals surface area contributed by atoms with Crippen LogP contribution < -0.4 is 16.4 Å². The maximum Gasteiger partial charge on any atom is 0.254 e. The number of amides is 1. The van der Waals surface area contributed by atoms with Gasteiger partial charge >= 0.3 is 0 Å². The van der Waals surface area contributed by atoms with Gasteiger partial charge in [0.2, 0.25) is 0 Å². The Bertz CT molecular complexity index is 1230. The second kappa shape index (κ2) is 9.64. The van der Waals surface area contributed by atoms with E-state index in [-0.39, 0.29) is 17.5 Å². The topological polar surface area (TPSA) is 106 Å². The third kappa shape index (κ3) is 5.71. The van der Waals surface area contributed by atoms with Crippen molar-refractivity contribution in [2.24, 2.45) is 5.73 Å². The van der Waals surface area contributed by atoms with Crippen molar-refractivity contribution in [1.29, 1.82) is 0 Å². The van der Waals surface area contributed by atoms with E-state index in [1.54, 1.807) is 12.4 Å². The summed E-state index contributed by atoms with van der Waals surface area (Å²) in [5, 5.41) is 8.27. The van der Waals surface area contributed by atoms with Gasteiger partial charge in [-0.25, -0.2) is 9.97 Å². The number of rotatable bonds is 7. The van der Waals surface area contributed by atoms with Crippen LogP contribution in [-0.2, 0) is 6.42 Å². The van der Waals surface area contributed by atoms with Crippen LogP contribution in [0.25, 0.3) is 21.6 Å². The number of carbonyl (C=O) groups excluding carboxylic acids is 1. The lowest BCUT2D eigenvalue weighted by Crippen LogP contribution is -2.40. The molecule has 0 radical (unpaired) electrons. The van der Waals surface area contributed by atoms with Crippen LogP contribution in [0.4, 0.5) is 5.82 Å². The zero-order valence-corrected chi connectivity index (χ0v) is 19.8. The van der Waals surface area contributed by atoms with E-state index in [0.717, 1.165) is 16.7 Å². The van der Waals surface area contributed by atoms with Crippen molar-refractivity contribution >= 4 is 33.3 Å². The first-order valence-electron chi connectivity index (χ1n) is 10.9. The number of pyridine rings is 1. The Morgan fingerprint density at radius 2 is 1.82 bits per heavy atom. The van der Waals surface area contributed by atoms with E-state index in [1.807, 2.05) is 56.5 Å². The monoisotopic (exact) mass is 460 g/mol. The average molecular weight is 461 g/mol. The average Bonchev–Trinajstić information content (AvgIpc) is 3.22. The van der Waals surface area contributed by atoms with E-state index >= 15 is 0 Å². The number of anilines is 1. The molecule has 4 N–H and O–H groups in total. The number of nitrogens with two attached hydrogens (primary N) is 1. The van der Waals surface area contributed by atoms with E-state index in [9.17, 15) is 4.79 Å². The highest BCUT2D eigenvalue weighted by atomic mass is 32.1. The molecule has 0 fully saturated rings. The SMILES string of the molecule is CC(C)(C)NC(=O)c1csc2c(NC[C@H](N)Cc3ccccc3)nc(-c3ccncc3)nc12. The summed E-state index contributed by atoms with van der Waals surface area (Å²) in [7, 11) is 0. The van der Waals surface area contributed by atoms with Crippen LogP contribution in [0.5, 0.6) is 0 Å². The molecule has 3 heterocycles. The van der Waals surface area contributed by atoms with Crippen molar-refractivity contribution in [3.8, 4) is 11.4 Å². The molecule has 1 atom stereocenters. The number of nitrogens with one attached hydrogen (secondary N) is 2. The molecule has 0 saturated carbocycles. The third-order valence-corrected chi connectivity index (χ3v) is 5.94. The van der Waals surface area contributed by atoms with Crippen molar-refractivity contribution in [2.45, 2.75) is 38.8 Å². The standard InChI is InChI=1S/C25H28N6OS/c1-25(2,3)31-24(32)19-15-33-21-20(19)29-22(17-9-11-27-12-10-17)30-23(21)28-14-18(26)13-16-7-5-4-6-8-16/h4-12,15,18H,13-14,26H2,1-3H3,(H,31,32)(H,28,29,30)/t18-/m1/s1. The van der Waals surface area contributed by atoms with Crippen molar-refractivity contribution < 1.29 is 4.79 Å². The van der Waals surface area contributed by atoms with Crippen LogP contribution >= 0.6 is 11.3 Å². The molecule has 0 aliphatic heterocycles. The van der Waals surface area contributed by atoms with Crippen molar-refractivity contribution in [3.05, 3.63) is 71.4 Å². The van der Waals surface area contributed by atoms with E-state index < -0.39 is 0 Å². The van der Waals surface area contributed by atoms with Crippen LogP contribution in [0.15, 0.2) is 60.2 Å². The van der Waals surface area contributed by atoms with Gasteiger partial charge in [0.05, 0.1) is 10.3 Å². The van der Waals surface area contributed by atoms with E-state index in [0.29, 0.717) is 29.3 Å². The predicted octanol–water partition coefficient (Wildman–Crippen LogP) is 4.26. The van der Waals surface area contributed by atoms with Gasteiger partial charge in [-0.2, -0.15) is 0 Å². The third-order valence-electron chi connectivity index (χ3n) is 4.96. The fraction of sp³-hybridized carbons (Fsp3) is 0.280. The summed E-state index contributed by atoms with van der Waals surface area (Å²) in [6.07, 6.45) is 4.15. The van der Waals surface area contributed by atoms with Crippen LogP contribution in [0.1, 0.15) is 36.7 Å². The van der Waals surface area contributed by atoms with Crippen LogP contribution in [-0.4, -0.2) is 39.0 Å². The highest BCUT2D eigenvalue weighted by Gasteiger charge is 2.22. The lowest BCUT2D eigenvalue weighted by Gasteiger charge is -2.20. The van der Waals surface area contributed by atoms with E-state index in [2.05, 4.69) is 27.8 Å². The molecule has 8 heteroatoms. The molecule has 4 aromatic rings. The largest absolute Gasteiger partial charge is 0.367 e. The first-order chi connectivity index (χ1) is 15.8. The normalized spacial score (nSPS) is 12.5. The minimum absolute atomic E-state index is 0.0922. The zero-order chi connectivity index (χ0) is 23.4. The quantitative estimate of drug-likeness (QED) is 0.380. The summed E-state index contributed by atoms with van der Waals surface area (Å²) in [4.78, 5) is 26.6. The molecule has 1 aromatic carbocycles. The van der Waals surface area contributed by atoms with Crippen LogP contribution in [0.3, 0.4) is 0 Å². The van der Waals surface area contributed by atoms with Gasteiger partial charge in [0.1, 0.15) is 11.3 Å². The summed E-state index contributed by atoms with van der Waals surface area (Å²) in [6.45, 7) is 6.41. The lowest BCUT2D eigenvalue weighted by atomic mass is 10.1. The molecule has 0 saturated heterocycles. The lowest BCUT2D eigenvalue weighted by molar-refractivity contribution is 0.0921. The maximum atomic E-state index is 12.9. The van der Waals surface area contributed by atoms with Gasteiger partial charge < -0.3 is 16.4 Å². The summed E-state index contributed by atoms with van der Waals surface area (Å²) in [5.41, 5.74) is 9.23. The Morgan fingerprint density at radius 1 is 1.09 bits per heavy atom. The first kappa shape index (κ1) is 22.8. The number of hydrogen-bond donors (Lipinski definition) is 3. The van der Waals surface area contributed by atoms with Crippen molar-refractivity contribution in [2.75, 3.05) is 11.9 Å². The molecule has 0 aliphatic rings. The van der Waals surface area contributed by atoms with Gasteiger partial charge in [0, 0.05) is 41.5 Å². The molecule has 0 bridgehead atoms. The molecule has 7 nitrogen and oxygen atoms in total. The molecule has 4 rings (SSSR count). The van der Waals surface area contributed by atoms with Crippen LogP contribution in [0.2, 0.25) is 0 Å². The molecule has 170 valence electrons. The number of aromatic nitrogens is 3. The van der Waals surface area contributed by atoms with Crippen molar-refractivity contribution in [3.63, 3.8) is 0 Å². The Hall–Kier alpha value is -3.36. The highest BCUT2D eigenvalue weighted by Crippen LogP contribution is 2.32. The van der Waals surface area contributed by atoms with Gasteiger partial charge in [-0.3, -0.25) is 9.78 Å². The highest BCUT2D eigenvalue weighted by molar-refractivity contribution is 7.18. The summed E-state index contributed by atoms with van der Waals surface area (Å²) in [6, 6.07) is 13.8. The fourth-order valence-electron chi connectivity index (χ4n) is 3.45. The zero-order valence-electron chi connectivity index (χ0n) is 19.0. The minimum atomic E-state index is -0.350. The number of carbonyl (C=O) groups is 1. The van der Waals surface area contributed by atoms with Gasteiger partial charge in [0.25, 0.3) is 5.91 Å². The van der Waals surface area contributed by atoms with Crippen LogP contribution in [0, 0.1) is 0 Å². The molecule has 33 heavy (non-hydrogen) atoms. The minimum Gasteiger partial charge on any atom is -0.367 e.